The van der Waals surface area contributed by atoms with Crippen LogP contribution in [0.3, 0.4) is 0 Å². The zero-order chi connectivity index (χ0) is 22.9. The van der Waals surface area contributed by atoms with Crippen LogP contribution in [-0.2, 0) is 21.9 Å². The van der Waals surface area contributed by atoms with Crippen molar-refractivity contribution in [2.75, 3.05) is 12.9 Å². The van der Waals surface area contributed by atoms with Crippen LogP contribution in [0.4, 0.5) is 0 Å². The molecule has 1 atom stereocenters. The number of ether oxygens (including phenoxy) is 1. The minimum atomic E-state index is -0.533. The number of hydrogen-bond donors (Lipinski definition) is 1. The van der Waals surface area contributed by atoms with E-state index >= 15 is 0 Å². The van der Waals surface area contributed by atoms with Gasteiger partial charge in [0.05, 0.1) is 12.9 Å². The van der Waals surface area contributed by atoms with E-state index in [1.807, 2.05) is 37.3 Å². The standard InChI is InChI=1S/C26H34N2O3S/c1-19-8-6-10-22(14-19)17-32-18-25(29)28(16-21-9-7-13-24(15-21)31-3)20(2)26(30)27-23-11-4-5-12-23/h6-10,13-15,20,23H,4-5,11-12,16-18H2,1-3H3,(H,27,30). The van der Waals surface area contributed by atoms with E-state index in [2.05, 4.69) is 30.4 Å². The number of methoxy groups -OCH3 is 1. The molecule has 2 aromatic carbocycles. The predicted molar refractivity (Wildman–Crippen MR) is 131 cm³/mol. The van der Waals surface area contributed by atoms with E-state index in [0.717, 1.165) is 42.7 Å². The fourth-order valence-electron chi connectivity index (χ4n) is 4.08. The number of carbonyl (C=O) groups is 2. The SMILES string of the molecule is COc1cccc(CN(C(=O)CSCc2cccc(C)c2)C(C)C(=O)NC2CCCC2)c1. The smallest absolute Gasteiger partial charge is 0.242 e. The second-order valence-corrected chi connectivity index (χ2v) is 9.51. The lowest BCUT2D eigenvalue weighted by molar-refractivity contribution is -0.138. The average Bonchev–Trinajstić information content (AvgIpc) is 3.30. The molecule has 0 aromatic heterocycles. The maximum absolute atomic E-state index is 13.2. The lowest BCUT2D eigenvalue weighted by Crippen LogP contribution is -2.50. The summed E-state index contributed by atoms with van der Waals surface area (Å²) in [6.07, 6.45) is 4.35. The fourth-order valence-corrected chi connectivity index (χ4v) is 4.94. The fraction of sp³-hybridized carbons (Fsp3) is 0.462. The summed E-state index contributed by atoms with van der Waals surface area (Å²) in [5, 5.41) is 3.15. The van der Waals surface area contributed by atoms with Crippen molar-refractivity contribution >= 4 is 23.6 Å². The summed E-state index contributed by atoms with van der Waals surface area (Å²) in [5.41, 5.74) is 3.36. The van der Waals surface area contributed by atoms with Crippen LogP contribution in [0.25, 0.3) is 0 Å². The summed E-state index contributed by atoms with van der Waals surface area (Å²) in [6, 6.07) is 15.7. The first kappa shape index (κ1) is 24.2. The lowest BCUT2D eigenvalue weighted by Gasteiger charge is -2.30. The first-order valence-corrected chi connectivity index (χ1v) is 12.5. The first-order valence-electron chi connectivity index (χ1n) is 11.3. The molecule has 0 bridgehead atoms. The number of rotatable bonds is 10. The van der Waals surface area contributed by atoms with E-state index in [-0.39, 0.29) is 17.9 Å². The molecule has 0 radical (unpaired) electrons. The Morgan fingerprint density at radius 1 is 1.12 bits per heavy atom. The molecule has 5 nitrogen and oxygen atoms in total. The Bertz CT molecular complexity index is 911. The number of benzene rings is 2. The molecule has 3 rings (SSSR count). The lowest BCUT2D eigenvalue weighted by atomic mass is 10.1. The average molecular weight is 455 g/mol. The molecule has 172 valence electrons. The molecular weight excluding hydrogens is 420 g/mol. The van der Waals surface area contributed by atoms with E-state index in [1.165, 1.54) is 11.1 Å². The summed E-state index contributed by atoms with van der Waals surface area (Å²) < 4.78 is 5.33. The van der Waals surface area contributed by atoms with Crippen molar-refractivity contribution in [2.24, 2.45) is 0 Å². The van der Waals surface area contributed by atoms with E-state index in [1.54, 1.807) is 23.8 Å². The van der Waals surface area contributed by atoms with Gasteiger partial charge in [-0.2, -0.15) is 0 Å². The number of hydrogen-bond acceptors (Lipinski definition) is 4. The number of amides is 2. The molecule has 0 saturated heterocycles. The Kier molecular flexibility index (Phi) is 9.03. The van der Waals surface area contributed by atoms with Crippen molar-refractivity contribution in [2.45, 2.75) is 63.9 Å². The highest BCUT2D eigenvalue weighted by molar-refractivity contribution is 7.99. The number of nitrogens with zero attached hydrogens (tertiary/aromatic N) is 1. The van der Waals surface area contributed by atoms with Gasteiger partial charge >= 0.3 is 0 Å². The second kappa shape index (κ2) is 12.0. The van der Waals surface area contributed by atoms with Crippen molar-refractivity contribution in [1.29, 1.82) is 0 Å². The van der Waals surface area contributed by atoms with Gasteiger partial charge in [0, 0.05) is 18.3 Å². The molecule has 1 aliphatic carbocycles. The third-order valence-corrected chi connectivity index (χ3v) is 6.92. The molecule has 1 N–H and O–H groups in total. The van der Waals surface area contributed by atoms with Gasteiger partial charge in [0.2, 0.25) is 11.8 Å². The highest BCUT2D eigenvalue weighted by Crippen LogP contribution is 2.21. The van der Waals surface area contributed by atoms with Crippen LogP contribution in [0, 0.1) is 6.92 Å². The molecule has 32 heavy (non-hydrogen) atoms. The molecule has 0 heterocycles. The molecule has 2 amide bonds. The minimum Gasteiger partial charge on any atom is -0.497 e. The number of nitrogens with one attached hydrogen (secondary N) is 1. The van der Waals surface area contributed by atoms with E-state index < -0.39 is 6.04 Å². The van der Waals surface area contributed by atoms with Gasteiger partial charge in [0.25, 0.3) is 0 Å². The van der Waals surface area contributed by atoms with Gasteiger partial charge in [-0.25, -0.2) is 0 Å². The van der Waals surface area contributed by atoms with Gasteiger partial charge in [0.1, 0.15) is 11.8 Å². The summed E-state index contributed by atoms with van der Waals surface area (Å²) in [7, 11) is 1.63. The topological polar surface area (TPSA) is 58.6 Å². The summed E-state index contributed by atoms with van der Waals surface area (Å²) in [5.74, 6) is 1.74. The molecule has 1 fully saturated rings. The summed E-state index contributed by atoms with van der Waals surface area (Å²) in [6.45, 7) is 4.27. The van der Waals surface area contributed by atoms with Gasteiger partial charge in [0.15, 0.2) is 0 Å². The molecule has 0 spiro atoms. The molecule has 1 saturated carbocycles. The molecule has 1 unspecified atom stereocenters. The number of thioether (sulfide) groups is 1. The van der Waals surface area contributed by atoms with Crippen molar-refractivity contribution in [3.63, 3.8) is 0 Å². The Morgan fingerprint density at radius 3 is 2.56 bits per heavy atom. The van der Waals surface area contributed by atoms with Crippen molar-refractivity contribution < 1.29 is 14.3 Å². The van der Waals surface area contributed by atoms with E-state index in [9.17, 15) is 9.59 Å². The van der Waals surface area contributed by atoms with Crippen LogP contribution < -0.4 is 10.1 Å². The maximum atomic E-state index is 13.2. The Morgan fingerprint density at radius 2 is 1.84 bits per heavy atom. The molecule has 2 aromatic rings. The summed E-state index contributed by atoms with van der Waals surface area (Å²) >= 11 is 1.58. The van der Waals surface area contributed by atoms with Crippen LogP contribution in [0.15, 0.2) is 48.5 Å². The molecule has 6 heteroatoms. The number of aryl methyl sites for hydroxylation is 1. The Hall–Kier alpha value is -2.47. The molecule has 0 aliphatic heterocycles. The van der Waals surface area contributed by atoms with E-state index in [4.69, 9.17) is 4.74 Å². The summed E-state index contributed by atoms with van der Waals surface area (Å²) in [4.78, 5) is 27.9. The highest BCUT2D eigenvalue weighted by atomic mass is 32.2. The monoisotopic (exact) mass is 454 g/mol. The van der Waals surface area contributed by atoms with Gasteiger partial charge in [-0.05, 0) is 49.9 Å². The van der Waals surface area contributed by atoms with E-state index in [0.29, 0.717) is 12.3 Å². The van der Waals surface area contributed by atoms with Crippen LogP contribution in [0.5, 0.6) is 5.75 Å². The van der Waals surface area contributed by atoms with Gasteiger partial charge in [-0.1, -0.05) is 54.8 Å². The van der Waals surface area contributed by atoms with Crippen LogP contribution in [-0.4, -0.2) is 41.7 Å². The zero-order valence-corrected chi connectivity index (χ0v) is 20.1. The van der Waals surface area contributed by atoms with Crippen molar-refractivity contribution in [1.82, 2.24) is 10.2 Å². The highest BCUT2D eigenvalue weighted by Gasteiger charge is 2.28. The quantitative estimate of drug-likeness (QED) is 0.565. The molecular formula is C26H34N2O3S. The largest absolute Gasteiger partial charge is 0.497 e. The van der Waals surface area contributed by atoms with Gasteiger partial charge in [-0.15, -0.1) is 11.8 Å². The Labute approximate surface area is 195 Å². The van der Waals surface area contributed by atoms with Crippen LogP contribution in [0.1, 0.15) is 49.3 Å². The molecule has 1 aliphatic rings. The van der Waals surface area contributed by atoms with Crippen LogP contribution in [0.2, 0.25) is 0 Å². The number of carbonyl (C=O) groups excluding carboxylic acids is 2. The zero-order valence-electron chi connectivity index (χ0n) is 19.3. The third kappa shape index (κ3) is 7.02. The van der Waals surface area contributed by atoms with Gasteiger partial charge in [-0.3, -0.25) is 9.59 Å². The maximum Gasteiger partial charge on any atom is 0.242 e. The first-order chi connectivity index (χ1) is 15.5. The predicted octanol–water partition coefficient (Wildman–Crippen LogP) is 4.71. The minimum absolute atomic E-state index is 0.0282. The normalized spacial score (nSPS) is 14.7. The van der Waals surface area contributed by atoms with Crippen LogP contribution >= 0.6 is 11.8 Å². The second-order valence-electron chi connectivity index (χ2n) is 8.52. The van der Waals surface area contributed by atoms with Crippen molar-refractivity contribution in [3.8, 4) is 5.75 Å². The Balaban J connectivity index is 1.67. The third-order valence-electron chi connectivity index (χ3n) is 5.93. The van der Waals surface area contributed by atoms with Crippen molar-refractivity contribution in [3.05, 3.63) is 65.2 Å². The van der Waals surface area contributed by atoms with Gasteiger partial charge < -0.3 is 15.0 Å².